The molecule has 4 rings (SSSR count). The molecule has 1 aliphatic heterocycles. The predicted molar refractivity (Wildman–Crippen MR) is 118 cm³/mol. The molecule has 162 valence electrons. The summed E-state index contributed by atoms with van der Waals surface area (Å²) in [4.78, 5) is 30.6. The third-order valence-electron chi connectivity index (χ3n) is 6.00. The predicted octanol–water partition coefficient (Wildman–Crippen LogP) is 3.09. The molecule has 2 amide bonds. The Morgan fingerprint density at radius 2 is 1.93 bits per heavy atom. The van der Waals surface area contributed by atoms with Crippen LogP contribution in [0.3, 0.4) is 0 Å². The lowest BCUT2D eigenvalue weighted by atomic mass is 9.85. The second-order valence-corrected chi connectivity index (χ2v) is 9.18. The third-order valence-corrected chi connectivity index (χ3v) is 7.09. The van der Waals surface area contributed by atoms with Crippen molar-refractivity contribution < 1.29 is 14.3 Å². The fourth-order valence-electron chi connectivity index (χ4n) is 4.14. The van der Waals surface area contributed by atoms with Crippen LogP contribution in [0.2, 0.25) is 0 Å². The number of nitrogens with one attached hydrogen (secondary N) is 2. The topological polar surface area (TPSA) is 83.6 Å². The molecule has 0 radical (unpaired) electrons. The molecule has 1 aliphatic carbocycles. The van der Waals surface area contributed by atoms with E-state index in [1.165, 1.54) is 4.70 Å². The van der Waals surface area contributed by atoms with Crippen molar-refractivity contribution in [2.24, 2.45) is 0 Å². The Morgan fingerprint density at radius 1 is 1.17 bits per heavy atom. The molecule has 2 aromatic rings. The van der Waals surface area contributed by atoms with Crippen LogP contribution in [-0.4, -0.2) is 59.7 Å². The van der Waals surface area contributed by atoms with E-state index in [1.54, 1.807) is 16.2 Å². The van der Waals surface area contributed by atoms with E-state index in [4.69, 9.17) is 4.74 Å². The van der Waals surface area contributed by atoms with Gasteiger partial charge in [0.25, 0.3) is 0 Å². The standard InChI is InChI=1S/C22H30N4O3S/c1-2-29-22(28)26-13-11-15(12-14-26)23-16-7-8-17(16)24-20(27)9-10-21-25-18-5-3-4-6-19(18)30-21/h3-6,15-17,23H,2,7-14H2,1H3,(H,24,27)/t16-,17+/m1/s1. The quantitative estimate of drug-likeness (QED) is 0.705. The lowest BCUT2D eigenvalue weighted by Gasteiger charge is -2.42. The van der Waals surface area contributed by atoms with Gasteiger partial charge >= 0.3 is 6.09 Å². The molecule has 1 aromatic heterocycles. The van der Waals surface area contributed by atoms with Gasteiger partial charge in [-0.05, 0) is 44.7 Å². The second-order valence-electron chi connectivity index (χ2n) is 8.06. The number of piperidine rings is 1. The molecule has 1 aromatic carbocycles. The molecule has 2 atom stereocenters. The summed E-state index contributed by atoms with van der Waals surface area (Å²) in [5, 5.41) is 7.90. The van der Waals surface area contributed by atoms with Gasteiger partial charge in [0.2, 0.25) is 5.91 Å². The summed E-state index contributed by atoms with van der Waals surface area (Å²) < 4.78 is 6.25. The maximum atomic E-state index is 12.4. The number of thiazole rings is 1. The lowest BCUT2D eigenvalue weighted by Crippen LogP contribution is -2.60. The number of hydrogen-bond acceptors (Lipinski definition) is 6. The van der Waals surface area contributed by atoms with Crippen molar-refractivity contribution in [1.29, 1.82) is 0 Å². The fraction of sp³-hybridized carbons (Fsp3) is 0.591. The van der Waals surface area contributed by atoms with Crippen LogP contribution >= 0.6 is 11.3 Å². The fourth-order valence-corrected chi connectivity index (χ4v) is 5.11. The number of carbonyl (C=O) groups is 2. The van der Waals surface area contributed by atoms with Crippen LogP contribution in [0.1, 0.15) is 44.0 Å². The summed E-state index contributed by atoms with van der Waals surface area (Å²) >= 11 is 1.67. The first-order valence-electron chi connectivity index (χ1n) is 10.9. The first-order valence-corrected chi connectivity index (χ1v) is 11.8. The van der Waals surface area contributed by atoms with Gasteiger partial charge in [0.15, 0.2) is 0 Å². The summed E-state index contributed by atoms with van der Waals surface area (Å²) in [6.45, 7) is 3.69. The number of benzene rings is 1. The van der Waals surface area contributed by atoms with E-state index in [9.17, 15) is 9.59 Å². The average Bonchev–Trinajstić information content (AvgIpc) is 3.17. The molecule has 8 heteroatoms. The Bertz CT molecular complexity index is 845. The SMILES string of the molecule is CCOC(=O)N1CCC(N[C@@H]2CC[C@@H]2NC(=O)CCc2nc3ccccc3s2)CC1. The van der Waals surface area contributed by atoms with Gasteiger partial charge in [-0.2, -0.15) is 0 Å². The lowest BCUT2D eigenvalue weighted by molar-refractivity contribution is -0.122. The Kier molecular flexibility index (Phi) is 6.84. The molecular formula is C22H30N4O3S. The molecule has 0 spiro atoms. The van der Waals surface area contributed by atoms with Crippen LogP contribution < -0.4 is 10.6 Å². The molecule has 2 aliphatic rings. The first kappa shape index (κ1) is 21.1. The van der Waals surface area contributed by atoms with Gasteiger partial charge in [-0.1, -0.05) is 12.1 Å². The number of para-hydroxylation sites is 1. The van der Waals surface area contributed by atoms with Crippen LogP contribution in [0.5, 0.6) is 0 Å². The van der Waals surface area contributed by atoms with Crippen molar-refractivity contribution in [3.63, 3.8) is 0 Å². The van der Waals surface area contributed by atoms with Gasteiger partial charge in [-0.25, -0.2) is 9.78 Å². The molecule has 7 nitrogen and oxygen atoms in total. The van der Waals surface area contributed by atoms with E-state index in [0.29, 0.717) is 31.5 Å². The van der Waals surface area contributed by atoms with Gasteiger partial charge in [0.05, 0.1) is 21.8 Å². The van der Waals surface area contributed by atoms with Crippen molar-refractivity contribution in [3.8, 4) is 0 Å². The zero-order chi connectivity index (χ0) is 20.9. The van der Waals surface area contributed by atoms with Crippen molar-refractivity contribution in [3.05, 3.63) is 29.3 Å². The van der Waals surface area contributed by atoms with Crippen LogP contribution in [0.15, 0.2) is 24.3 Å². The minimum absolute atomic E-state index is 0.0999. The van der Waals surface area contributed by atoms with Crippen LogP contribution in [0.25, 0.3) is 10.2 Å². The van der Waals surface area contributed by atoms with Crippen molar-refractivity contribution in [2.45, 2.75) is 63.6 Å². The summed E-state index contributed by atoms with van der Waals surface area (Å²) in [6.07, 6.45) is 4.90. The average molecular weight is 431 g/mol. The Hall–Kier alpha value is -2.19. The molecule has 2 heterocycles. The number of aryl methyl sites for hydroxylation is 1. The number of aromatic nitrogens is 1. The molecule has 2 N–H and O–H groups in total. The largest absolute Gasteiger partial charge is 0.450 e. The van der Waals surface area contributed by atoms with Crippen LogP contribution in [0.4, 0.5) is 4.79 Å². The molecule has 0 unspecified atom stereocenters. The minimum Gasteiger partial charge on any atom is -0.450 e. The molecule has 1 saturated carbocycles. The summed E-state index contributed by atoms with van der Waals surface area (Å²) in [6, 6.07) is 9.01. The van der Waals surface area contributed by atoms with Crippen molar-refractivity contribution >= 4 is 33.6 Å². The van der Waals surface area contributed by atoms with Crippen molar-refractivity contribution in [1.82, 2.24) is 20.5 Å². The van der Waals surface area contributed by atoms with Gasteiger partial charge in [0, 0.05) is 44.1 Å². The van der Waals surface area contributed by atoms with Gasteiger partial charge in [-0.3, -0.25) is 4.79 Å². The van der Waals surface area contributed by atoms with E-state index >= 15 is 0 Å². The number of amides is 2. The second kappa shape index (κ2) is 9.75. The number of fused-ring (bicyclic) bond motifs is 1. The maximum Gasteiger partial charge on any atom is 0.409 e. The molecular weight excluding hydrogens is 400 g/mol. The molecule has 2 fully saturated rings. The number of nitrogens with zero attached hydrogens (tertiary/aromatic N) is 2. The smallest absolute Gasteiger partial charge is 0.409 e. The maximum absolute atomic E-state index is 12.4. The molecule has 0 bridgehead atoms. The number of hydrogen-bond donors (Lipinski definition) is 2. The summed E-state index contributed by atoms with van der Waals surface area (Å²) in [5.41, 5.74) is 1.01. The van der Waals surface area contributed by atoms with Crippen LogP contribution in [-0.2, 0) is 16.0 Å². The molecule has 1 saturated heterocycles. The normalized spacial score (nSPS) is 22.0. The summed E-state index contributed by atoms with van der Waals surface area (Å²) in [7, 11) is 0. The zero-order valence-corrected chi connectivity index (χ0v) is 18.2. The van der Waals surface area contributed by atoms with Gasteiger partial charge in [0.1, 0.15) is 0 Å². The monoisotopic (exact) mass is 430 g/mol. The summed E-state index contributed by atoms with van der Waals surface area (Å²) in [5.74, 6) is 0.0999. The van der Waals surface area contributed by atoms with E-state index in [0.717, 1.165) is 49.3 Å². The minimum atomic E-state index is -0.210. The van der Waals surface area contributed by atoms with Gasteiger partial charge < -0.3 is 20.3 Å². The molecule has 30 heavy (non-hydrogen) atoms. The number of carbonyl (C=O) groups excluding carboxylic acids is 2. The highest BCUT2D eigenvalue weighted by molar-refractivity contribution is 7.18. The number of likely N-dealkylation sites (tertiary alicyclic amines) is 1. The third kappa shape index (κ3) is 5.10. The van der Waals surface area contributed by atoms with E-state index in [-0.39, 0.29) is 18.0 Å². The van der Waals surface area contributed by atoms with E-state index < -0.39 is 0 Å². The zero-order valence-electron chi connectivity index (χ0n) is 17.4. The van der Waals surface area contributed by atoms with E-state index in [2.05, 4.69) is 21.7 Å². The Labute approximate surface area is 181 Å². The van der Waals surface area contributed by atoms with Crippen molar-refractivity contribution in [2.75, 3.05) is 19.7 Å². The number of rotatable bonds is 7. The highest BCUT2D eigenvalue weighted by atomic mass is 32.1. The first-order chi connectivity index (χ1) is 14.6. The highest BCUT2D eigenvalue weighted by Crippen LogP contribution is 2.24. The highest BCUT2D eigenvalue weighted by Gasteiger charge is 2.34. The Morgan fingerprint density at radius 3 is 2.63 bits per heavy atom. The van der Waals surface area contributed by atoms with E-state index in [1.807, 2.05) is 25.1 Å². The van der Waals surface area contributed by atoms with Crippen LogP contribution in [0, 0.1) is 0 Å². The van der Waals surface area contributed by atoms with Gasteiger partial charge in [-0.15, -0.1) is 11.3 Å². The number of ether oxygens (including phenoxy) is 1. The Balaban J connectivity index is 1.17.